The van der Waals surface area contributed by atoms with Crippen molar-refractivity contribution in [1.82, 2.24) is 0 Å². The van der Waals surface area contributed by atoms with Crippen molar-refractivity contribution in [3.8, 4) is 11.5 Å². The zero-order chi connectivity index (χ0) is 17.6. The largest absolute Gasteiger partial charge is 0.454 e. The lowest BCUT2D eigenvalue weighted by molar-refractivity contribution is -0.114. The number of amides is 1. The van der Waals surface area contributed by atoms with E-state index in [1.807, 2.05) is 44.2 Å². The van der Waals surface area contributed by atoms with Gasteiger partial charge in [0.05, 0.1) is 17.0 Å². The standard InChI is InChI=1S/C19H15ClN2O3/c1-11-3-5-14(9-16(11)20)22-19(23)15(12(2)21-22)7-13-4-6-17-18(8-13)25-10-24-17/h3-9H,10H2,1-2H3/b15-7+. The number of halogens is 1. The Morgan fingerprint density at radius 3 is 2.72 bits per heavy atom. The number of aryl methyl sites for hydroxylation is 1. The van der Waals surface area contributed by atoms with Crippen LogP contribution in [0.15, 0.2) is 47.1 Å². The van der Waals surface area contributed by atoms with Crippen molar-refractivity contribution in [3.63, 3.8) is 0 Å². The molecule has 2 heterocycles. The molecule has 2 aliphatic heterocycles. The summed E-state index contributed by atoms with van der Waals surface area (Å²) < 4.78 is 10.7. The molecule has 25 heavy (non-hydrogen) atoms. The fraction of sp³-hybridized carbons (Fsp3) is 0.158. The molecule has 6 heteroatoms. The van der Waals surface area contributed by atoms with Crippen LogP contribution in [0.3, 0.4) is 0 Å². The molecule has 2 aliphatic rings. The molecular formula is C19H15ClN2O3. The normalized spacial score (nSPS) is 17.4. The second kappa shape index (κ2) is 5.93. The predicted octanol–water partition coefficient (Wildman–Crippen LogP) is 4.18. The summed E-state index contributed by atoms with van der Waals surface area (Å²) in [5, 5.41) is 6.36. The van der Waals surface area contributed by atoms with Crippen molar-refractivity contribution in [2.24, 2.45) is 5.10 Å². The van der Waals surface area contributed by atoms with Crippen molar-refractivity contribution in [2.45, 2.75) is 13.8 Å². The number of hydrazone groups is 1. The van der Waals surface area contributed by atoms with Gasteiger partial charge in [0.2, 0.25) is 6.79 Å². The van der Waals surface area contributed by atoms with E-state index in [9.17, 15) is 4.79 Å². The molecule has 0 unspecified atom stereocenters. The fourth-order valence-electron chi connectivity index (χ4n) is 2.74. The van der Waals surface area contributed by atoms with E-state index in [2.05, 4.69) is 5.10 Å². The average molecular weight is 355 g/mol. The molecule has 1 amide bonds. The summed E-state index contributed by atoms with van der Waals surface area (Å²) in [5.74, 6) is 1.20. The third kappa shape index (κ3) is 2.76. The van der Waals surface area contributed by atoms with Crippen LogP contribution in [0.1, 0.15) is 18.1 Å². The van der Waals surface area contributed by atoms with E-state index in [0.29, 0.717) is 33.5 Å². The summed E-state index contributed by atoms with van der Waals surface area (Å²) in [7, 11) is 0. The molecule has 5 nitrogen and oxygen atoms in total. The molecule has 0 saturated heterocycles. The first kappa shape index (κ1) is 15.7. The molecule has 126 valence electrons. The second-order valence-electron chi connectivity index (χ2n) is 5.91. The van der Waals surface area contributed by atoms with Crippen LogP contribution < -0.4 is 14.5 Å². The number of ether oxygens (including phenoxy) is 2. The second-order valence-corrected chi connectivity index (χ2v) is 6.31. The SMILES string of the molecule is CC1=NN(c2ccc(C)c(Cl)c2)C(=O)/C1=C/c1ccc2c(c1)OCO2. The smallest absolute Gasteiger partial charge is 0.280 e. The van der Waals surface area contributed by atoms with E-state index in [4.69, 9.17) is 21.1 Å². The topological polar surface area (TPSA) is 51.1 Å². The van der Waals surface area contributed by atoms with E-state index in [1.54, 1.807) is 12.1 Å². The molecule has 0 N–H and O–H groups in total. The van der Waals surface area contributed by atoms with Crippen LogP contribution in [0.4, 0.5) is 5.69 Å². The maximum Gasteiger partial charge on any atom is 0.280 e. The van der Waals surface area contributed by atoms with Crippen LogP contribution in [-0.4, -0.2) is 18.4 Å². The van der Waals surface area contributed by atoms with Crippen LogP contribution in [0.25, 0.3) is 6.08 Å². The van der Waals surface area contributed by atoms with Gasteiger partial charge in [-0.25, -0.2) is 0 Å². The fourth-order valence-corrected chi connectivity index (χ4v) is 2.92. The minimum Gasteiger partial charge on any atom is -0.454 e. The highest BCUT2D eigenvalue weighted by molar-refractivity contribution is 6.33. The first-order valence-corrected chi connectivity index (χ1v) is 8.18. The minimum atomic E-state index is -0.185. The van der Waals surface area contributed by atoms with E-state index in [0.717, 1.165) is 11.1 Å². The lowest BCUT2D eigenvalue weighted by atomic mass is 10.1. The van der Waals surface area contributed by atoms with Gasteiger partial charge in [0.15, 0.2) is 11.5 Å². The lowest BCUT2D eigenvalue weighted by Crippen LogP contribution is -2.21. The molecule has 2 aromatic carbocycles. The minimum absolute atomic E-state index is 0.185. The Bertz CT molecular complexity index is 950. The van der Waals surface area contributed by atoms with Gasteiger partial charge in [-0.1, -0.05) is 23.7 Å². The highest BCUT2D eigenvalue weighted by atomic mass is 35.5. The zero-order valence-corrected chi connectivity index (χ0v) is 14.5. The maximum atomic E-state index is 12.8. The van der Waals surface area contributed by atoms with Gasteiger partial charge in [-0.05, 0) is 55.3 Å². The summed E-state index contributed by atoms with van der Waals surface area (Å²) in [5.41, 5.74) is 3.64. The molecule has 0 fully saturated rings. The molecule has 0 bridgehead atoms. The average Bonchev–Trinajstić information content (AvgIpc) is 3.16. The summed E-state index contributed by atoms with van der Waals surface area (Å²) in [6.07, 6.45) is 1.80. The number of fused-ring (bicyclic) bond motifs is 1. The number of benzene rings is 2. The molecule has 0 radical (unpaired) electrons. The van der Waals surface area contributed by atoms with Crippen LogP contribution in [0.5, 0.6) is 11.5 Å². The van der Waals surface area contributed by atoms with E-state index in [-0.39, 0.29) is 12.7 Å². The predicted molar refractivity (Wildman–Crippen MR) is 97.3 cm³/mol. The molecule has 0 spiro atoms. The Kier molecular flexibility index (Phi) is 3.73. The number of hydrogen-bond donors (Lipinski definition) is 0. The van der Waals surface area contributed by atoms with Crippen molar-refractivity contribution in [2.75, 3.05) is 11.8 Å². The Morgan fingerprint density at radius 2 is 1.92 bits per heavy atom. The molecule has 0 atom stereocenters. The summed E-state index contributed by atoms with van der Waals surface area (Å²) in [6, 6.07) is 11.0. The van der Waals surface area contributed by atoms with Crippen molar-refractivity contribution in [3.05, 3.63) is 58.1 Å². The third-order valence-corrected chi connectivity index (χ3v) is 4.58. The van der Waals surface area contributed by atoms with Gasteiger partial charge < -0.3 is 9.47 Å². The number of rotatable bonds is 2. The lowest BCUT2D eigenvalue weighted by Gasteiger charge is -2.12. The Morgan fingerprint density at radius 1 is 1.12 bits per heavy atom. The summed E-state index contributed by atoms with van der Waals surface area (Å²) in [4.78, 5) is 12.8. The van der Waals surface area contributed by atoms with Gasteiger partial charge >= 0.3 is 0 Å². The number of carbonyl (C=O) groups is 1. The highest BCUT2D eigenvalue weighted by Crippen LogP contribution is 2.34. The van der Waals surface area contributed by atoms with Crippen molar-refractivity contribution < 1.29 is 14.3 Å². The number of anilines is 1. The Hall–Kier alpha value is -2.79. The number of carbonyl (C=O) groups excluding carboxylic acids is 1. The molecule has 0 aromatic heterocycles. The first-order chi connectivity index (χ1) is 12.0. The highest BCUT2D eigenvalue weighted by Gasteiger charge is 2.29. The van der Waals surface area contributed by atoms with Gasteiger partial charge in [0, 0.05) is 5.02 Å². The quantitative estimate of drug-likeness (QED) is 0.760. The summed E-state index contributed by atoms with van der Waals surface area (Å²) >= 11 is 6.17. The number of hydrogen-bond acceptors (Lipinski definition) is 4. The first-order valence-electron chi connectivity index (χ1n) is 7.80. The maximum absolute atomic E-state index is 12.8. The van der Waals surface area contributed by atoms with Gasteiger partial charge in [-0.15, -0.1) is 0 Å². The van der Waals surface area contributed by atoms with Crippen molar-refractivity contribution in [1.29, 1.82) is 0 Å². The van der Waals surface area contributed by atoms with Crippen LogP contribution in [-0.2, 0) is 4.79 Å². The van der Waals surface area contributed by atoms with Crippen molar-refractivity contribution >= 4 is 35.0 Å². The van der Waals surface area contributed by atoms with Crippen LogP contribution in [0, 0.1) is 6.92 Å². The van der Waals surface area contributed by atoms with E-state index < -0.39 is 0 Å². The Balaban J connectivity index is 1.67. The van der Waals surface area contributed by atoms with Crippen LogP contribution in [0.2, 0.25) is 5.02 Å². The molecule has 4 rings (SSSR count). The Labute approximate surface area is 150 Å². The van der Waals surface area contributed by atoms with Crippen LogP contribution >= 0.6 is 11.6 Å². The molecule has 2 aromatic rings. The van der Waals surface area contributed by atoms with Gasteiger partial charge in [0.1, 0.15) is 0 Å². The summed E-state index contributed by atoms with van der Waals surface area (Å²) in [6.45, 7) is 3.95. The third-order valence-electron chi connectivity index (χ3n) is 4.17. The molecular weight excluding hydrogens is 340 g/mol. The van der Waals surface area contributed by atoms with Gasteiger partial charge in [-0.3, -0.25) is 4.79 Å². The van der Waals surface area contributed by atoms with E-state index in [1.165, 1.54) is 5.01 Å². The van der Waals surface area contributed by atoms with Gasteiger partial charge in [0.25, 0.3) is 5.91 Å². The monoisotopic (exact) mass is 354 g/mol. The van der Waals surface area contributed by atoms with E-state index >= 15 is 0 Å². The zero-order valence-electron chi connectivity index (χ0n) is 13.7. The number of nitrogens with zero attached hydrogens (tertiary/aromatic N) is 2. The molecule has 0 aliphatic carbocycles. The van der Waals surface area contributed by atoms with Gasteiger partial charge in [-0.2, -0.15) is 10.1 Å². The molecule has 0 saturated carbocycles.